The average molecular weight is 519 g/mol. The van der Waals surface area contributed by atoms with E-state index >= 15 is 2.86 Å². The molecule has 2 aromatic carbocycles. The van der Waals surface area contributed by atoms with Crippen LogP contribution in [-0.2, 0) is 14.9 Å². The summed E-state index contributed by atoms with van der Waals surface area (Å²) < 4.78 is 81.4. The third-order valence-electron chi connectivity index (χ3n) is 3.45. The summed E-state index contributed by atoms with van der Waals surface area (Å²) in [5, 5.41) is 0. The standard InChI is InChI=1S/C17H19F3IO5S/c1-3-25-13(2)26-16-11-9-15(10-12-16)21(20,14-7-5-4-6-8-14)17(18,19)27(22,23)24/h4-13H,3H2,1-2H3,(H,22,23,24)/q-1. The SMILES string of the molecule is CCOC(C)Oc1ccc([I-](F)(c2ccccc2)C(F)(F)S(=O)(=O)O)cc1. The molecule has 0 aliphatic heterocycles. The van der Waals surface area contributed by atoms with Gasteiger partial charge in [-0.15, -0.1) is 0 Å². The predicted octanol–water partition coefficient (Wildman–Crippen LogP) is 0.970. The minimum absolute atomic E-state index is 0.242. The number of alkyl halides is 3. The zero-order valence-corrected chi connectivity index (χ0v) is 17.5. The van der Waals surface area contributed by atoms with E-state index in [1.54, 1.807) is 13.8 Å². The van der Waals surface area contributed by atoms with E-state index in [2.05, 4.69) is 0 Å². The fourth-order valence-electron chi connectivity index (χ4n) is 2.25. The summed E-state index contributed by atoms with van der Waals surface area (Å²) in [6, 6.07) is 10.9. The summed E-state index contributed by atoms with van der Waals surface area (Å²) in [6.45, 7) is 3.80. The first-order valence-electron chi connectivity index (χ1n) is 7.79. The van der Waals surface area contributed by atoms with E-state index in [1.807, 2.05) is 0 Å². The Balaban J connectivity index is 2.53. The van der Waals surface area contributed by atoms with Gasteiger partial charge >= 0.3 is 161 Å². The topological polar surface area (TPSA) is 72.8 Å². The van der Waals surface area contributed by atoms with E-state index in [4.69, 9.17) is 14.0 Å². The van der Waals surface area contributed by atoms with Crippen molar-refractivity contribution >= 4 is 10.1 Å². The van der Waals surface area contributed by atoms with Gasteiger partial charge < -0.3 is 0 Å². The van der Waals surface area contributed by atoms with Gasteiger partial charge in [0, 0.05) is 0 Å². The van der Waals surface area contributed by atoms with E-state index in [1.165, 1.54) is 30.3 Å². The summed E-state index contributed by atoms with van der Waals surface area (Å²) in [4.78, 5) is 0. The van der Waals surface area contributed by atoms with Crippen LogP contribution in [0.5, 0.6) is 5.75 Å². The van der Waals surface area contributed by atoms with E-state index in [0.717, 1.165) is 24.3 Å². The molecular formula is C17H19F3IO5S-. The Morgan fingerprint density at radius 3 is 2.07 bits per heavy atom. The maximum atomic E-state index is 15.9. The van der Waals surface area contributed by atoms with Crippen molar-refractivity contribution in [2.75, 3.05) is 6.61 Å². The second kappa shape index (κ2) is 8.33. The number of rotatable bonds is 8. The molecule has 1 N–H and O–H groups in total. The van der Waals surface area contributed by atoms with Gasteiger partial charge in [-0.1, -0.05) is 0 Å². The van der Waals surface area contributed by atoms with Gasteiger partial charge in [-0.25, -0.2) is 0 Å². The van der Waals surface area contributed by atoms with Crippen molar-refractivity contribution in [2.24, 2.45) is 0 Å². The van der Waals surface area contributed by atoms with Crippen molar-refractivity contribution in [1.29, 1.82) is 0 Å². The van der Waals surface area contributed by atoms with Gasteiger partial charge in [-0.2, -0.15) is 0 Å². The maximum absolute atomic E-state index is 15.9. The fraction of sp³-hybridized carbons (Fsp3) is 0.294. The van der Waals surface area contributed by atoms with Crippen LogP contribution < -0.4 is 23.7 Å². The molecule has 0 amide bonds. The molecule has 2 unspecified atom stereocenters. The van der Waals surface area contributed by atoms with E-state index in [0.29, 0.717) is 6.61 Å². The van der Waals surface area contributed by atoms with Crippen LogP contribution in [0.4, 0.5) is 11.6 Å². The quantitative estimate of drug-likeness (QED) is 0.244. The number of ether oxygens (including phenoxy) is 2. The van der Waals surface area contributed by atoms with E-state index in [9.17, 15) is 17.2 Å². The summed E-state index contributed by atoms with van der Waals surface area (Å²) in [5.74, 6) is 0.242. The first kappa shape index (κ1) is 21.9. The first-order chi connectivity index (χ1) is 12.5. The summed E-state index contributed by atoms with van der Waals surface area (Å²) in [7, 11) is -5.97. The van der Waals surface area contributed by atoms with E-state index < -0.39 is 45.8 Å². The molecule has 0 aliphatic carbocycles. The molecule has 0 fully saturated rings. The Hall–Kier alpha value is -1.37. The number of hydrogen-bond acceptors (Lipinski definition) is 4. The molecule has 0 saturated heterocycles. The van der Waals surface area contributed by atoms with Crippen LogP contribution in [0, 0.1) is 7.14 Å². The molecule has 27 heavy (non-hydrogen) atoms. The van der Waals surface area contributed by atoms with Crippen molar-refractivity contribution in [1.82, 2.24) is 0 Å². The Morgan fingerprint density at radius 2 is 1.59 bits per heavy atom. The molecular weight excluding hydrogens is 500 g/mol. The fourth-order valence-corrected chi connectivity index (χ4v) is 10.9. The predicted molar refractivity (Wildman–Crippen MR) is 89.6 cm³/mol. The van der Waals surface area contributed by atoms with Crippen LogP contribution >= 0.6 is 0 Å². The summed E-state index contributed by atoms with van der Waals surface area (Å²) in [6.07, 6.45) is -0.606. The first-order valence-corrected chi connectivity index (χ1v) is 13.3. The zero-order valence-electron chi connectivity index (χ0n) is 14.5. The number of hydrogen-bond donors (Lipinski definition) is 1. The van der Waals surface area contributed by atoms with Crippen LogP contribution in [0.2, 0.25) is 0 Å². The second-order valence-electron chi connectivity index (χ2n) is 5.31. The Morgan fingerprint density at radius 1 is 1.07 bits per heavy atom. The molecule has 0 aromatic heterocycles. The van der Waals surface area contributed by atoms with Crippen molar-refractivity contribution < 1.29 is 53.1 Å². The monoisotopic (exact) mass is 519 g/mol. The Labute approximate surface area is 160 Å². The molecule has 0 radical (unpaired) electrons. The molecule has 2 aromatic rings. The minimum atomic E-state index is -6.26. The zero-order chi connectivity index (χ0) is 20.3. The summed E-state index contributed by atoms with van der Waals surface area (Å²) in [5.41, 5.74) is 0. The third kappa shape index (κ3) is 4.39. The normalized spacial score (nSPS) is 17.0. The molecule has 152 valence electrons. The number of halogens is 4. The van der Waals surface area contributed by atoms with Crippen molar-refractivity contribution in [3.8, 4) is 5.75 Å². The second-order valence-corrected chi connectivity index (χ2v) is 14.2. The molecule has 2 rings (SSSR count). The van der Waals surface area contributed by atoms with Crippen molar-refractivity contribution in [2.45, 2.75) is 23.4 Å². The van der Waals surface area contributed by atoms with Gasteiger partial charge in [0.15, 0.2) is 0 Å². The van der Waals surface area contributed by atoms with Crippen LogP contribution in [0.1, 0.15) is 13.8 Å². The molecule has 10 heteroatoms. The van der Waals surface area contributed by atoms with Crippen molar-refractivity contribution in [3.63, 3.8) is 0 Å². The van der Waals surface area contributed by atoms with E-state index in [-0.39, 0.29) is 5.75 Å². The Bertz CT molecular complexity index is 862. The average Bonchev–Trinajstić information content (AvgIpc) is 2.61. The van der Waals surface area contributed by atoms with Crippen LogP contribution in [0.25, 0.3) is 0 Å². The molecule has 0 spiro atoms. The third-order valence-corrected chi connectivity index (χ3v) is 13.7. The molecule has 2 atom stereocenters. The van der Waals surface area contributed by atoms with Gasteiger partial charge in [0.05, 0.1) is 0 Å². The molecule has 5 nitrogen and oxygen atoms in total. The molecule has 0 aliphatic rings. The van der Waals surface area contributed by atoms with Gasteiger partial charge in [0.1, 0.15) is 0 Å². The Kier molecular flexibility index (Phi) is 6.77. The van der Waals surface area contributed by atoms with Gasteiger partial charge in [0.25, 0.3) is 0 Å². The van der Waals surface area contributed by atoms with Crippen molar-refractivity contribution in [3.05, 3.63) is 61.7 Å². The summed E-state index contributed by atoms with van der Waals surface area (Å²) >= 11 is -6.26. The van der Waals surface area contributed by atoms with Crippen LogP contribution in [0.15, 0.2) is 54.6 Å². The molecule has 0 saturated carbocycles. The van der Waals surface area contributed by atoms with Crippen LogP contribution in [0.3, 0.4) is 0 Å². The van der Waals surface area contributed by atoms with Gasteiger partial charge in [0.2, 0.25) is 0 Å². The van der Waals surface area contributed by atoms with Gasteiger partial charge in [-0.05, 0) is 0 Å². The number of benzene rings is 2. The van der Waals surface area contributed by atoms with Gasteiger partial charge in [-0.3, -0.25) is 0 Å². The molecule has 0 bridgehead atoms. The molecule has 0 heterocycles. The van der Waals surface area contributed by atoms with Crippen LogP contribution in [-0.4, -0.2) is 29.1 Å².